The fraction of sp³-hybridized carbons (Fsp3) is 0.533. The van der Waals surface area contributed by atoms with Crippen LogP contribution in [0.15, 0.2) is 22.9 Å². The van der Waals surface area contributed by atoms with Crippen LogP contribution in [-0.2, 0) is 11.3 Å². The lowest BCUT2D eigenvalue weighted by Gasteiger charge is -2.24. The van der Waals surface area contributed by atoms with E-state index in [1.807, 2.05) is 31.0 Å². The molecule has 1 N–H and O–H groups in total. The number of anilines is 2. The van der Waals surface area contributed by atoms with Crippen LogP contribution in [0, 0.1) is 6.92 Å². The van der Waals surface area contributed by atoms with Crippen LogP contribution in [0.2, 0.25) is 0 Å². The first-order chi connectivity index (χ1) is 10.7. The third-order valence-corrected chi connectivity index (χ3v) is 3.57. The van der Waals surface area contributed by atoms with E-state index in [4.69, 9.17) is 9.26 Å². The van der Waals surface area contributed by atoms with Gasteiger partial charge in [0, 0.05) is 25.9 Å². The zero-order valence-electron chi connectivity index (χ0n) is 13.0. The van der Waals surface area contributed by atoms with Gasteiger partial charge < -0.3 is 19.5 Å². The van der Waals surface area contributed by atoms with Gasteiger partial charge in [0.1, 0.15) is 17.3 Å². The molecule has 0 amide bonds. The summed E-state index contributed by atoms with van der Waals surface area (Å²) >= 11 is 0. The third-order valence-electron chi connectivity index (χ3n) is 3.57. The van der Waals surface area contributed by atoms with E-state index in [1.54, 1.807) is 6.20 Å². The minimum Gasteiger partial charge on any atom is -0.379 e. The molecule has 1 aliphatic heterocycles. The molecule has 0 spiro atoms. The summed E-state index contributed by atoms with van der Waals surface area (Å²) in [6, 6.07) is 4.12. The molecular formula is C15H21N5O2. The number of ether oxygens (including phenoxy) is 1. The van der Waals surface area contributed by atoms with Gasteiger partial charge in [-0.05, 0) is 25.8 Å². The summed E-state index contributed by atoms with van der Waals surface area (Å²) in [5.41, 5.74) is 0.864. The number of aromatic nitrogens is 3. The molecule has 118 valence electrons. The van der Waals surface area contributed by atoms with Crippen molar-refractivity contribution in [1.29, 1.82) is 0 Å². The molecule has 1 aliphatic rings. The highest BCUT2D eigenvalue weighted by Crippen LogP contribution is 2.16. The molecule has 22 heavy (non-hydrogen) atoms. The average Bonchev–Trinajstić information content (AvgIpc) is 2.93. The Bertz CT molecular complexity index is 609. The van der Waals surface area contributed by atoms with Crippen LogP contribution in [0.5, 0.6) is 0 Å². The summed E-state index contributed by atoms with van der Waals surface area (Å²) in [4.78, 5) is 10.8. The predicted molar refractivity (Wildman–Crippen MR) is 82.8 cm³/mol. The minimum absolute atomic E-state index is 0.319. The molecule has 0 aliphatic carbocycles. The Morgan fingerprint density at radius 2 is 2.36 bits per heavy atom. The molecule has 2 aromatic rings. The molecule has 3 rings (SSSR count). The quantitative estimate of drug-likeness (QED) is 0.905. The predicted octanol–water partition coefficient (Wildman–Crippen LogP) is 2.00. The van der Waals surface area contributed by atoms with Crippen LogP contribution in [0.25, 0.3) is 0 Å². The maximum Gasteiger partial charge on any atom is 0.227 e. The maximum atomic E-state index is 5.48. The van der Waals surface area contributed by atoms with E-state index in [1.165, 1.54) is 0 Å². The first kappa shape index (κ1) is 14.8. The Labute approximate surface area is 129 Å². The summed E-state index contributed by atoms with van der Waals surface area (Å²) in [5, 5.41) is 7.40. The molecule has 1 atom stereocenters. The monoisotopic (exact) mass is 303 g/mol. The first-order valence-electron chi connectivity index (χ1n) is 7.51. The van der Waals surface area contributed by atoms with Crippen molar-refractivity contribution >= 4 is 11.8 Å². The Kier molecular flexibility index (Phi) is 4.53. The Hall–Kier alpha value is -2.15. The summed E-state index contributed by atoms with van der Waals surface area (Å²) in [6.45, 7) is 4.07. The van der Waals surface area contributed by atoms with Gasteiger partial charge in [0.05, 0.1) is 19.2 Å². The molecule has 0 bridgehead atoms. The maximum absolute atomic E-state index is 5.48. The number of rotatable bonds is 5. The van der Waals surface area contributed by atoms with Crippen molar-refractivity contribution in [2.75, 3.05) is 30.5 Å². The summed E-state index contributed by atoms with van der Waals surface area (Å²) in [7, 11) is 1.94. The fourth-order valence-corrected chi connectivity index (χ4v) is 2.48. The Morgan fingerprint density at radius 3 is 3.09 bits per heavy atom. The molecule has 0 saturated carbocycles. The van der Waals surface area contributed by atoms with Gasteiger partial charge in [0.15, 0.2) is 0 Å². The zero-order chi connectivity index (χ0) is 15.4. The second-order valence-corrected chi connectivity index (χ2v) is 5.59. The molecular weight excluding hydrogens is 282 g/mol. The van der Waals surface area contributed by atoms with Crippen LogP contribution in [0.3, 0.4) is 0 Å². The molecule has 0 aromatic carbocycles. The highest BCUT2D eigenvalue weighted by molar-refractivity contribution is 5.41. The van der Waals surface area contributed by atoms with Gasteiger partial charge in [0.25, 0.3) is 0 Å². The van der Waals surface area contributed by atoms with Crippen molar-refractivity contribution in [2.24, 2.45) is 0 Å². The van der Waals surface area contributed by atoms with Crippen molar-refractivity contribution in [2.45, 2.75) is 32.4 Å². The largest absolute Gasteiger partial charge is 0.379 e. The number of aryl methyl sites for hydroxylation is 1. The van der Waals surface area contributed by atoms with Crippen LogP contribution in [-0.4, -0.2) is 41.4 Å². The second-order valence-electron chi connectivity index (χ2n) is 5.59. The second kappa shape index (κ2) is 6.74. The van der Waals surface area contributed by atoms with Crippen molar-refractivity contribution in [3.05, 3.63) is 29.8 Å². The molecule has 7 heteroatoms. The zero-order valence-corrected chi connectivity index (χ0v) is 13.0. The molecule has 3 heterocycles. The van der Waals surface area contributed by atoms with Gasteiger partial charge in [-0.25, -0.2) is 4.98 Å². The molecule has 7 nitrogen and oxygen atoms in total. The molecule has 0 radical (unpaired) electrons. The number of nitrogens with zero attached hydrogens (tertiary/aromatic N) is 4. The van der Waals surface area contributed by atoms with Crippen LogP contribution in [0.4, 0.5) is 11.8 Å². The number of hydrogen-bond acceptors (Lipinski definition) is 7. The molecule has 0 unspecified atom stereocenters. The average molecular weight is 303 g/mol. The van der Waals surface area contributed by atoms with E-state index in [2.05, 4.69) is 20.4 Å². The molecule has 1 fully saturated rings. The fourth-order valence-electron chi connectivity index (χ4n) is 2.48. The smallest absolute Gasteiger partial charge is 0.227 e. The highest BCUT2D eigenvalue weighted by Gasteiger charge is 2.15. The Morgan fingerprint density at radius 1 is 1.45 bits per heavy atom. The SMILES string of the molecule is Cc1cc(CN(C)c2nccc(N[C@H]3CCCOC3)n2)no1. The Balaban J connectivity index is 1.64. The lowest BCUT2D eigenvalue weighted by atomic mass is 10.1. The summed E-state index contributed by atoms with van der Waals surface area (Å²) in [5.74, 6) is 2.28. The number of nitrogens with one attached hydrogen (secondary N) is 1. The van der Waals surface area contributed by atoms with E-state index < -0.39 is 0 Å². The molecule has 2 aromatic heterocycles. The van der Waals surface area contributed by atoms with E-state index in [0.29, 0.717) is 18.5 Å². The normalized spacial score (nSPS) is 18.2. The van der Waals surface area contributed by atoms with Crippen molar-refractivity contribution in [3.8, 4) is 0 Å². The lowest BCUT2D eigenvalue weighted by molar-refractivity contribution is 0.0875. The van der Waals surface area contributed by atoms with Crippen LogP contribution in [0.1, 0.15) is 24.3 Å². The van der Waals surface area contributed by atoms with Gasteiger partial charge in [-0.1, -0.05) is 5.16 Å². The van der Waals surface area contributed by atoms with Gasteiger partial charge in [-0.2, -0.15) is 4.98 Å². The van der Waals surface area contributed by atoms with E-state index in [9.17, 15) is 0 Å². The highest BCUT2D eigenvalue weighted by atomic mass is 16.5. The van der Waals surface area contributed by atoms with E-state index in [-0.39, 0.29) is 0 Å². The number of hydrogen-bond donors (Lipinski definition) is 1. The van der Waals surface area contributed by atoms with Crippen molar-refractivity contribution in [3.63, 3.8) is 0 Å². The van der Waals surface area contributed by atoms with Gasteiger partial charge in [-0.15, -0.1) is 0 Å². The minimum atomic E-state index is 0.319. The van der Waals surface area contributed by atoms with Crippen molar-refractivity contribution in [1.82, 2.24) is 15.1 Å². The summed E-state index contributed by atoms with van der Waals surface area (Å²) in [6.07, 6.45) is 3.95. The lowest BCUT2D eigenvalue weighted by Crippen LogP contribution is -2.30. The van der Waals surface area contributed by atoms with Gasteiger partial charge in [0.2, 0.25) is 5.95 Å². The topological polar surface area (TPSA) is 76.3 Å². The van der Waals surface area contributed by atoms with Crippen LogP contribution < -0.4 is 10.2 Å². The van der Waals surface area contributed by atoms with E-state index >= 15 is 0 Å². The van der Waals surface area contributed by atoms with Crippen LogP contribution >= 0.6 is 0 Å². The molecule has 1 saturated heterocycles. The van der Waals surface area contributed by atoms with Gasteiger partial charge in [-0.3, -0.25) is 0 Å². The standard InChI is InChI=1S/C15H21N5O2/c1-11-8-13(19-22-11)9-20(2)15-16-6-5-14(18-15)17-12-4-3-7-21-10-12/h5-6,8,12H,3-4,7,9-10H2,1-2H3,(H,16,17,18)/t12-/m0/s1. The van der Waals surface area contributed by atoms with Gasteiger partial charge >= 0.3 is 0 Å². The summed E-state index contributed by atoms with van der Waals surface area (Å²) < 4.78 is 10.6. The third kappa shape index (κ3) is 3.73. The van der Waals surface area contributed by atoms with Crippen molar-refractivity contribution < 1.29 is 9.26 Å². The van der Waals surface area contributed by atoms with E-state index in [0.717, 1.165) is 43.3 Å². The first-order valence-corrected chi connectivity index (χ1v) is 7.51.